The van der Waals surface area contributed by atoms with Gasteiger partial charge in [-0.25, -0.2) is 0 Å². The Morgan fingerprint density at radius 3 is 1.53 bits per heavy atom. The molecule has 0 amide bonds. The Hall–Kier alpha value is 0.190. The van der Waals surface area contributed by atoms with Crippen LogP contribution >= 0.6 is 7.37 Å². The zero-order chi connectivity index (χ0) is 11.6. The molecule has 6 unspecified atom stereocenters. The van der Waals surface area contributed by atoms with E-state index in [1.165, 1.54) is 38.5 Å². The molecule has 0 aromatic rings. The van der Waals surface area contributed by atoms with Crippen LogP contribution in [-0.2, 0) is 4.57 Å². The van der Waals surface area contributed by atoms with Crippen LogP contribution in [-0.4, -0.2) is 16.2 Å². The second-order valence-corrected chi connectivity index (χ2v) is 9.83. The van der Waals surface area contributed by atoms with Crippen molar-refractivity contribution < 1.29 is 9.46 Å². The summed E-state index contributed by atoms with van der Waals surface area (Å²) in [6, 6.07) is 0. The standard InChI is InChI=1S/C14H23O2P/c15-17(16,13-7-9-1-3-11(13)5-9)14-8-10-2-4-12(14)6-10/h9-14H,1-8H2,(H,15,16). The molecule has 4 aliphatic rings. The molecule has 4 fully saturated rings. The number of hydrogen-bond donors (Lipinski definition) is 1. The minimum atomic E-state index is -2.87. The summed E-state index contributed by atoms with van der Waals surface area (Å²) in [6.45, 7) is 0. The van der Waals surface area contributed by atoms with Crippen molar-refractivity contribution in [1.29, 1.82) is 0 Å². The van der Waals surface area contributed by atoms with Crippen LogP contribution in [0.15, 0.2) is 0 Å². The zero-order valence-corrected chi connectivity index (χ0v) is 11.3. The van der Waals surface area contributed by atoms with Crippen LogP contribution in [0.3, 0.4) is 0 Å². The van der Waals surface area contributed by atoms with Gasteiger partial charge in [-0.1, -0.05) is 12.8 Å². The molecular formula is C14H23O2P. The van der Waals surface area contributed by atoms with Crippen LogP contribution in [0, 0.1) is 23.7 Å². The van der Waals surface area contributed by atoms with E-state index in [1.54, 1.807) is 0 Å². The zero-order valence-electron chi connectivity index (χ0n) is 10.4. The van der Waals surface area contributed by atoms with Crippen molar-refractivity contribution in [1.82, 2.24) is 0 Å². The van der Waals surface area contributed by atoms with Crippen LogP contribution in [0.25, 0.3) is 0 Å². The summed E-state index contributed by atoms with van der Waals surface area (Å²) in [6.07, 6.45) is 9.81. The van der Waals surface area contributed by atoms with Crippen LogP contribution < -0.4 is 0 Å². The lowest BCUT2D eigenvalue weighted by atomic mass is 9.99. The Bertz CT molecular complexity index is 348. The third-order valence-corrected chi connectivity index (χ3v) is 9.52. The van der Waals surface area contributed by atoms with Gasteiger partial charge in [0.1, 0.15) is 0 Å². The quantitative estimate of drug-likeness (QED) is 0.764. The Balaban J connectivity index is 1.58. The van der Waals surface area contributed by atoms with Gasteiger partial charge in [0.05, 0.1) is 0 Å². The first kappa shape index (κ1) is 11.1. The summed E-state index contributed by atoms with van der Waals surface area (Å²) in [5, 5.41) is 0. The summed E-state index contributed by atoms with van der Waals surface area (Å²) >= 11 is 0. The molecule has 0 spiro atoms. The summed E-state index contributed by atoms with van der Waals surface area (Å²) < 4.78 is 13.0. The van der Waals surface area contributed by atoms with E-state index in [2.05, 4.69) is 0 Å². The van der Waals surface area contributed by atoms with E-state index in [9.17, 15) is 9.46 Å². The average Bonchev–Trinajstić information content (AvgIpc) is 3.07. The minimum absolute atomic E-state index is 0.200. The van der Waals surface area contributed by atoms with Crippen LogP contribution in [0.5, 0.6) is 0 Å². The molecule has 4 rings (SSSR count). The number of rotatable bonds is 2. The number of fused-ring (bicyclic) bond motifs is 4. The van der Waals surface area contributed by atoms with Crippen molar-refractivity contribution >= 4 is 7.37 Å². The predicted octanol–water partition coefficient (Wildman–Crippen LogP) is 3.63. The summed E-state index contributed by atoms with van der Waals surface area (Å²) in [4.78, 5) is 10.7. The monoisotopic (exact) mass is 254 g/mol. The van der Waals surface area contributed by atoms with Crippen LogP contribution in [0.2, 0.25) is 0 Å². The lowest BCUT2D eigenvalue weighted by molar-refractivity contribution is 0.372. The van der Waals surface area contributed by atoms with Gasteiger partial charge in [0.25, 0.3) is 0 Å². The summed E-state index contributed by atoms with van der Waals surface area (Å²) in [5.74, 6) is 2.80. The molecule has 0 aromatic carbocycles. The molecule has 4 saturated carbocycles. The van der Waals surface area contributed by atoms with E-state index < -0.39 is 7.37 Å². The maximum atomic E-state index is 13.0. The molecule has 0 aromatic heterocycles. The minimum Gasteiger partial charge on any atom is -0.344 e. The van der Waals surface area contributed by atoms with Gasteiger partial charge >= 0.3 is 0 Å². The van der Waals surface area contributed by atoms with E-state index >= 15 is 0 Å². The smallest absolute Gasteiger partial charge is 0.207 e. The molecule has 4 aliphatic carbocycles. The van der Waals surface area contributed by atoms with Crippen molar-refractivity contribution in [2.45, 2.75) is 62.7 Å². The highest BCUT2D eigenvalue weighted by atomic mass is 31.2. The fraction of sp³-hybridized carbons (Fsp3) is 1.00. The average molecular weight is 254 g/mol. The third-order valence-electron chi connectivity index (χ3n) is 6.35. The second kappa shape index (κ2) is 3.61. The second-order valence-electron chi connectivity index (χ2n) is 7.16. The van der Waals surface area contributed by atoms with Crippen molar-refractivity contribution in [3.05, 3.63) is 0 Å². The van der Waals surface area contributed by atoms with E-state index in [-0.39, 0.29) is 11.3 Å². The van der Waals surface area contributed by atoms with Gasteiger partial charge in [-0.2, -0.15) is 0 Å². The first-order valence-corrected chi connectivity index (χ1v) is 9.26. The lowest BCUT2D eigenvalue weighted by Crippen LogP contribution is -2.27. The molecule has 17 heavy (non-hydrogen) atoms. The normalized spacial score (nSPS) is 55.4. The fourth-order valence-electron chi connectivity index (χ4n) is 5.57. The van der Waals surface area contributed by atoms with E-state index in [0.29, 0.717) is 11.8 Å². The topological polar surface area (TPSA) is 37.3 Å². The van der Waals surface area contributed by atoms with Crippen LogP contribution in [0.4, 0.5) is 0 Å². The molecule has 3 heteroatoms. The predicted molar refractivity (Wildman–Crippen MR) is 68.3 cm³/mol. The molecule has 1 N–H and O–H groups in total. The van der Waals surface area contributed by atoms with Gasteiger partial charge < -0.3 is 4.89 Å². The van der Waals surface area contributed by atoms with Gasteiger partial charge in [-0.3, -0.25) is 4.57 Å². The summed E-state index contributed by atoms with van der Waals surface area (Å²) in [5.41, 5.74) is 0.399. The van der Waals surface area contributed by atoms with Crippen LogP contribution in [0.1, 0.15) is 51.4 Å². The molecular weight excluding hydrogens is 231 g/mol. The molecule has 6 atom stereocenters. The van der Waals surface area contributed by atoms with E-state index in [1.807, 2.05) is 0 Å². The van der Waals surface area contributed by atoms with Crippen molar-refractivity contribution in [3.8, 4) is 0 Å². The van der Waals surface area contributed by atoms with Crippen molar-refractivity contribution in [3.63, 3.8) is 0 Å². The van der Waals surface area contributed by atoms with Gasteiger partial charge in [-0.15, -0.1) is 0 Å². The van der Waals surface area contributed by atoms with Crippen molar-refractivity contribution in [2.24, 2.45) is 23.7 Å². The molecule has 4 bridgehead atoms. The first-order valence-electron chi connectivity index (χ1n) is 7.46. The van der Waals surface area contributed by atoms with Crippen molar-refractivity contribution in [2.75, 3.05) is 0 Å². The van der Waals surface area contributed by atoms with E-state index in [4.69, 9.17) is 0 Å². The summed E-state index contributed by atoms with van der Waals surface area (Å²) in [7, 11) is -2.87. The Kier molecular flexibility index (Phi) is 2.34. The molecule has 0 radical (unpaired) electrons. The Morgan fingerprint density at radius 1 is 0.765 bits per heavy atom. The molecule has 0 saturated heterocycles. The fourth-order valence-corrected chi connectivity index (χ4v) is 9.02. The number of hydrogen-bond acceptors (Lipinski definition) is 1. The Labute approximate surface area is 104 Å². The van der Waals surface area contributed by atoms with E-state index in [0.717, 1.165) is 24.7 Å². The first-order chi connectivity index (χ1) is 8.14. The third kappa shape index (κ3) is 1.53. The van der Waals surface area contributed by atoms with Gasteiger partial charge in [0.15, 0.2) is 0 Å². The maximum Gasteiger partial charge on any atom is 0.207 e. The van der Waals surface area contributed by atoms with Gasteiger partial charge in [0, 0.05) is 11.3 Å². The largest absolute Gasteiger partial charge is 0.344 e. The molecule has 0 heterocycles. The van der Waals surface area contributed by atoms with Gasteiger partial charge in [0.2, 0.25) is 7.37 Å². The highest BCUT2D eigenvalue weighted by Gasteiger charge is 2.55. The molecule has 0 aliphatic heterocycles. The molecule has 2 nitrogen and oxygen atoms in total. The highest BCUT2D eigenvalue weighted by Crippen LogP contribution is 2.69. The SMILES string of the molecule is O=P(O)(C1CC2CCC1C2)C1CC2CCC1C2. The Morgan fingerprint density at radius 2 is 1.24 bits per heavy atom. The highest BCUT2D eigenvalue weighted by molar-refractivity contribution is 7.59. The lowest BCUT2D eigenvalue weighted by Gasteiger charge is -2.34. The molecule has 96 valence electrons. The van der Waals surface area contributed by atoms with Gasteiger partial charge in [-0.05, 0) is 62.2 Å². The maximum absolute atomic E-state index is 13.0.